The van der Waals surface area contributed by atoms with Gasteiger partial charge in [-0.1, -0.05) is 30.5 Å². The molecule has 0 aromatic heterocycles. The number of nitrogens with two attached hydrogens (primary N) is 1. The number of nitrogens with one attached hydrogen (secondary N) is 1. The summed E-state index contributed by atoms with van der Waals surface area (Å²) >= 11 is 5.97. The molecular weight excluding hydrogens is 284 g/mol. The molecule has 0 amide bonds. The molecule has 1 fully saturated rings. The molecule has 4 nitrogen and oxygen atoms in total. The second-order valence-electron chi connectivity index (χ2n) is 4.97. The Labute approximate surface area is 119 Å². The molecular formula is C13H19ClN2O2S. The molecule has 6 heteroatoms. The molecule has 0 radical (unpaired) electrons. The Balaban J connectivity index is 2.13. The Bertz CT molecular complexity index is 540. The van der Waals surface area contributed by atoms with Crippen molar-refractivity contribution in [2.45, 2.75) is 37.1 Å². The van der Waals surface area contributed by atoms with Crippen LogP contribution in [0.2, 0.25) is 5.02 Å². The van der Waals surface area contributed by atoms with Gasteiger partial charge in [0.15, 0.2) is 0 Å². The minimum atomic E-state index is -3.55. The van der Waals surface area contributed by atoms with Crippen molar-refractivity contribution in [1.29, 1.82) is 0 Å². The van der Waals surface area contributed by atoms with E-state index in [9.17, 15) is 8.42 Å². The van der Waals surface area contributed by atoms with Gasteiger partial charge in [0.05, 0.1) is 5.02 Å². The van der Waals surface area contributed by atoms with Gasteiger partial charge in [0, 0.05) is 13.1 Å². The van der Waals surface area contributed by atoms with Crippen LogP contribution in [-0.2, 0) is 16.6 Å². The van der Waals surface area contributed by atoms with Gasteiger partial charge in [-0.05, 0) is 36.5 Å². The van der Waals surface area contributed by atoms with Crippen LogP contribution in [0, 0.1) is 5.92 Å². The largest absolute Gasteiger partial charge is 0.326 e. The van der Waals surface area contributed by atoms with Crippen LogP contribution in [0.4, 0.5) is 0 Å². The van der Waals surface area contributed by atoms with Crippen LogP contribution in [-0.4, -0.2) is 15.0 Å². The highest BCUT2D eigenvalue weighted by atomic mass is 35.5. The van der Waals surface area contributed by atoms with Gasteiger partial charge >= 0.3 is 0 Å². The highest BCUT2D eigenvalue weighted by Gasteiger charge is 2.21. The molecule has 19 heavy (non-hydrogen) atoms. The predicted molar refractivity (Wildman–Crippen MR) is 76.5 cm³/mol. The first-order valence-electron chi connectivity index (χ1n) is 6.51. The van der Waals surface area contributed by atoms with Crippen molar-refractivity contribution >= 4 is 21.6 Å². The van der Waals surface area contributed by atoms with Gasteiger partial charge in [-0.3, -0.25) is 0 Å². The number of benzene rings is 1. The zero-order chi connectivity index (χ0) is 13.9. The standard InChI is InChI=1S/C13H19ClN2O2S/c14-12-6-5-11(8-15)7-13(12)19(17,18)16-9-10-3-1-2-4-10/h5-7,10,16H,1-4,8-9,15H2. The summed E-state index contributed by atoms with van der Waals surface area (Å²) in [4.78, 5) is 0.120. The van der Waals surface area contributed by atoms with E-state index >= 15 is 0 Å². The third-order valence-corrected chi connectivity index (χ3v) is 5.46. The fraction of sp³-hybridized carbons (Fsp3) is 0.538. The Morgan fingerprint density at radius 2 is 2.00 bits per heavy atom. The molecule has 0 atom stereocenters. The summed E-state index contributed by atoms with van der Waals surface area (Å²) in [6.45, 7) is 0.786. The van der Waals surface area contributed by atoms with E-state index in [-0.39, 0.29) is 9.92 Å². The molecule has 1 aliphatic carbocycles. The van der Waals surface area contributed by atoms with Crippen molar-refractivity contribution in [3.63, 3.8) is 0 Å². The van der Waals surface area contributed by atoms with E-state index < -0.39 is 10.0 Å². The average Bonchev–Trinajstić information content (AvgIpc) is 2.90. The zero-order valence-electron chi connectivity index (χ0n) is 10.7. The molecule has 1 aromatic rings. The van der Waals surface area contributed by atoms with Gasteiger partial charge in [0.1, 0.15) is 4.90 Å². The molecule has 1 aliphatic rings. The van der Waals surface area contributed by atoms with E-state index in [1.807, 2.05) is 0 Å². The Morgan fingerprint density at radius 1 is 1.32 bits per heavy atom. The van der Waals surface area contributed by atoms with Gasteiger partial charge in [-0.2, -0.15) is 0 Å². The quantitative estimate of drug-likeness (QED) is 0.876. The summed E-state index contributed by atoms with van der Waals surface area (Å²) in [5, 5.41) is 0.233. The zero-order valence-corrected chi connectivity index (χ0v) is 12.3. The third kappa shape index (κ3) is 3.69. The summed E-state index contributed by atoms with van der Waals surface area (Å²) < 4.78 is 27.1. The normalized spacial score (nSPS) is 16.9. The predicted octanol–water partition coefficient (Wildman–Crippen LogP) is 2.27. The third-order valence-electron chi connectivity index (χ3n) is 3.56. The van der Waals surface area contributed by atoms with Gasteiger partial charge in [0.25, 0.3) is 0 Å². The minimum Gasteiger partial charge on any atom is -0.326 e. The van der Waals surface area contributed by atoms with Gasteiger partial charge in [0.2, 0.25) is 10.0 Å². The molecule has 0 heterocycles. The lowest BCUT2D eigenvalue weighted by atomic mass is 10.1. The number of hydrogen-bond acceptors (Lipinski definition) is 3. The Morgan fingerprint density at radius 3 is 2.63 bits per heavy atom. The number of halogens is 1. The maximum Gasteiger partial charge on any atom is 0.242 e. The molecule has 1 aromatic carbocycles. The molecule has 0 aliphatic heterocycles. The SMILES string of the molecule is NCc1ccc(Cl)c(S(=O)(=O)NCC2CCCC2)c1. The fourth-order valence-corrected chi connectivity index (χ4v) is 4.06. The molecule has 0 unspecified atom stereocenters. The van der Waals surface area contributed by atoms with E-state index in [2.05, 4.69) is 4.72 Å². The van der Waals surface area contributed by atoms with Crippen LogP contribution in [0.25, 0.3) is 0 Å². The van der Waals surface area contributed by atoms with Crippen molar-refractivity contribution in [2.75, 3.05) is 6.54 Å². The van der Waals surface area contributed by atoms with Crippen molar-refractivity contribution in [3.8, 4) is 0 Å². The second-order valence-corrected chi connectivity index (χ2v) is 7.11. The van der Waals surface area contributed by atoms with Gasteiger partial charge in [-0.15, -0.1) is 0 Å². The van der Waals surface area contributed by atoms with Crippen LogP contribution in [0.5, 0.6) is 0 Å². The van der Waals surface area contributed by atoms with Gasteiger partial charge < -0.3 is 5.73 Å². The van der Waals surface area contributed by atoms with Crippen LogP contribution < -0.4 is 10.5 Å². The molecule has 0 spiro atoms. The first kappa shape index (κ1) is 14.8. The van der Waals surface area contributed by atoms with Crippen LogP contribution >= 0.6 is 11.6 Å². The minimum absolute atomic E-state index is 0.120. The lowest BCUT2D eigenvalue weighted by molar-refractivity contribution is 0.519. The maximum absolute atomic E-state index is 12.2. The van der Waals surface area contributed by atoms with Crippen molar-refractivity contribution < 1.29 is 8.42 Å². The van der Waals surface area contributed by atoms with Crippen molar-refractivity contribution in [3.05, 3.63) is 28.8 Å². The summed E-state index contributed by atoms with van der Waals surface area (Å²) in [7, 11) is -3.55. The first-order valence-corrected chi connectivity index (χ1v) is 8.37. The lowest BCUT2D eigenvalue weighted by Crippen LogP contribution is -2.28. The molecule has 3 N–H and O–H groups in total. The van der Waals surface area contributed by atoms with E-state index in [0.29, 0.717) is 19.0 Å². The average molecular weight is 303 g/mol. The monoisotopic (exact) mass is 302 g/mol. The maximum atomic E-state index is 12.2. The van der Waals surface area contributed by atoms with Crippen LogP contribution in [0.3, 0.4) is 0 Å². The van der Waals surface area contributed by atoms with E-state index in [1.54, 1.807) is 18.2 Å². The van der Waals surface area contributed by atoms with Gasteiger partial charge in [-0.25, -0.2) is 13.1 Å². The summed E-state index contributed by atoms with van der Waals surface area (Å²) in [5.41, 5.74) is 6.28. The van der Waals surface area contributed by atoms with Crippen LogP contribution in [0.15, 0.2) is 23.1 Å². The van der Waals surface area contributed by atoms with Crippen molar-refractivity contribution in [2.24, 2.45) is 11.7 Å². The summed E-state index contributed by atoms with van der Waals surface area (Å²) in [6, 6.07) is 4.85. The fourth-order valence-electron chi connectivity index (χ4n) is 2.40. The number of hydrogen-bond donors (Lipinski definition) is 2. The highest BCUT2D eigenvalue weighted by Crippen LogP contribution is 2.26. The molecule has 0 bridgehead atoms. The number of rotatable bonds is 5. The second kappa shape index (κ2) is 6.22. The lowest BCUT2D eigenvalue weighted by Gasteiger charge is -2.13. The molecule has 106 valence electrons. The first-order chi connectivity index (χ1) is 9.03. The molecule has 2 rings (SSSR count). The Hall–Kier alpha value is -0.620. The molecule has 0 saturated heterocycles. The summed E-state index contributed by atoms with van der Waals surface area (Å²) in [6.07, 6.45) is 4.57. The Kier molecular flexibility index (Phi) is 4.84. The van der Waals surface area contributed by atoms with Crippen LogP contribution in [0.1, 0.15) is 31.2 Å². The molecule has 1 saturated carbocycles. The highest BCUT2D eigenvalue weighted by molar-refractivity contribution is 7.89. The van der Waals surface area contributed by atoms with E-state index in [0.717, 1.165) is 18.4 Å². The summed E-state index contributed by atoms with van der Waals surface area (Å²) in [5.74, 6) is 0.450. The number of sulfonamides is 1. The van der Waals surface area contributed by atoms with Crippen molar-refractivity contribution in [1.82, 2.24) is 4.72 Å². The smallest absolute Gasteiger partial charge is 0.242 e. The topological polar surface area (TPSA) is 72.2 Å². The van der Waals surface area contributed by atoms with E-state index in [1.165, 1.54) is 12.8 Å². The van der Waals surface area contributed by atoms with E-state index in [4.69, 9.17) is 17.3 Å².